The molecule has 0 aromatic heterocycles. The molecule has 8 nitrogen and oxygen atoms in total. The van der Waals surface area contributed by atoms with Gasteiger partial charge in [-0.15, -0.1) is 0 Å². The van der Waals surface area contributed by atoms with Crippen LogP contribution in [0.2, 0.25) is 0 Å². The largest absolute Gasteiger partial charge is 0.490 e. The molecular weight excluding hydrogens is 415 g/mol. The van der Waals surface area contributed by atoms with Crippen molar-refractivity contribution in [2.24, 2.45) is 0 Å². The van der Waals surface area contributed by atoms with E-state index in [1.54, 1.807) is 31.4 Å². The zero-order valence-electron chi connectivity index (χ0n) is 16.5. The molecule has 10 heteroatoms. The number of carbonyl (C=O) groups is 1. The van der Waals surface area contributed by atoms with Gasteiger partial charge in [0.25, 0.3) is 5.91 Å². The molecule has 3 rings (SSSR count). The van der Waals surface area contributed by atoms with Gasteiger partial charge in [0.1, 0.15) is 23.1 Å². The van der Waals surface area contributed by atoms with E-state index in [4.69, 9.17) is 14.2 Å². The van der Waals surface area contributed by atoms with E-state index in [-0.39, 0.29) is 44.2 Å². The fraction of sp³-hybridized carbons (Fsp3) is 0.350. The van der Waals surface area contributed by atoms with Crippen molar-refractivity contribution in [3.05, 3.63) is 53.8 Å². The average Bonchev–Trinajstić information content (AvgIpc) is 2.76. The highest BCUT2D eigenvalue weighted by molar-refractivity contribution is 7.89. The van der Waals surface area contributed by atoms with Crippen molar-refractivity contribution in [3.63, 3.8) is 0 Å². The molecule has 1 saturated heterocycles. The van der Waals surface area contributed by atoms with Crippen LogP contribution in [0, 0.1) is 5.82 Å². The molecule has 1 fully saturated rings. The molecule has 2 aromatic carbocycles. The maximum Gasteiger partial charge on any atom is 0.259 e. The molecular formula is C20H23FN2O6S. The topological polar surface area (TPSA) is 94.2 Å². The third-order valence-corrected chi connectivity index (χ3v) is 6.37. The summed E-state index contributed by atoms with van der Waals surface area (Å²) in [6.07, 6.45) is 0. The van der Waals surface area contributed by atoms with Crippen LogP contribution in [-0.2, 0) is 19.5 Å². The summed E-state index contributed by atoms with van der Waals surface area (Å²) in [5, 5.41) is 2.61. The van der Waals surface area contributed by atoms with Crippen molar-refractivity contribution in [3.8, 4) is 5.75 Å². The lowest BCUT2D eigenvalue weighted by atomic mass is 10.2. The van der Waals surface area contributed by atoms with E-state index >= 15 is 0 Å². The smallest absolute Gasteiger partial charge is 0.259 e. The van der Waals surface area contributed by atoms with Crippen LogP contribution in [0.5, 0.6) is 5.75 Å². The van der Waals surface area contributed by atoms with Gasteiger partial charge in [0.15, 0.2) is 0 Å². The molecule has 0 unspecified atom stereocenters. The van der Waals surface area contributed by atoms with Crippen LogP contribution >= 0.6 is 0 Å². The SMILES string of the molecule is COCCOc1ccccc1C(=O)Nc1ccc(F)c(S(=O)(=O)N2CCOCC2)c1. The number of hydrogen-bond acceptors (Lipinski definition) is 6. The Kier molecular flexibility index (Phi) is 7.38. The number of hydrogen-bond donors (Lipinski definition) is 1. The highest BCUT2D eigenvalue weighted by atomic mass is 32.2. The Morgan fingerprint density at radius 1 is 1.17 bits per heavy atom. The monoisotopic (exact) mass is 438 g/mol. The molecule has 1 aliphatic rings. The fourth-order valence-electron chi connectivity index (χ4n) is 2.92. The van der Waals surface area contributed by atoms with E-state index in [1.807, 2.05) is 0 Å². The fourth-order valence-corrected chi connectivity index (χ4v) is 4.42. The van der Waals surface area contributed by atoms with Crippen LogP contribution in [0.25, 0.3) is 0 Å². The molecule has 30 heavy (non-hydrogen) atoms. The van der Waals surface area contributed by atoms with Crippen LogP contribution in [-0.4, -0.2) is 65.3 Å². The number of sulfonamides is 1. The predicted molar refractivity (Wildman–Crippen MR) is 108 cm³/mol. The molecule has 162 valence electrons. The summed E-state index contributed by atoms with van der Waals surface area (Å²) in [5.41, 5.74) is 0.412. The Balaban J connectivity index is 1.81. The third kappa shape index (κ3) is 5.14. The van der Waals surface area contributed by atoms with Crippen LogP contribution in [0.4, 0.5) is 10.1 Å². The zero-order chi connectivity index (χ0) is 21.6. The first-order valence-corrected chi connectivity index (χ1v) is 10.8. The first-order valence-electron chi connectivity index (χ1n) is 9.33. The predicted octanol–water partition coefficient (Wildman–Crippen LogP) is 2.12. The van der Waals surface area contributed by atoms with Gasteiger partial charge in [-0.1, -0.05) is 12.1 Å². The number of morpholine rings is 1. The first kappa shape index (κ1) is 22.2. The standard InChI is InChI=1S/C20H23FN2O6S/c1-27-12-13-29-18-5-3-2-4-16(18)20(24)22-15-6-7-17(21)19(14-15)30(25,26)23-8-10-28-11-9-23/h2-7,14H,8-13H2,1H3,(H,22,24). The van der Waals surface area contributed by atoms with E-state index in [0.717, 1.165) is 12.1 Å². The number of ether oxygens (including phenoxy) is 3. The van der Waals surface area contributed by atoms with E-state index in [2.05, 4.69) is 5.32 Å². The molecule has 1 amide bonds. The Morgan fingerprint density at radius 2 is 1.90 bits per heavy atom. The number of anilines is 1. The minimum Gasteiger partial charge on any atom is -0.490 e. The second-order valence-corrected chi connectivity index (χ2v) is 8.36. The van der Waals surface area contributed by atoms with E-state index in [9.17, 15) is 17.6 Å². The van der Waals surface area contributed by atoms with E-state index in [0.29, 0.717) is 12.4 Å². The second-order valence-electron chi connectivity index (χ2n) is 6.45. The summed E-state index contributed by atoms with van der Waals surface area (Å²) in [6, 6.07) is 10.1. The van der Waals surface area contributed by atoms with Gasteiger partial charge in [-0.25, -0.2) is 12.8 Å². The number of para-hydroxylation sites is 1. The molecule has 0 radical (unpaired) electrons. The summed E-state index contributed by atoms with van der Waals surface area (Å²) in [5.74, 6) is -1.04. The van der Waals surface area contributed by atoms with Crippen LogP contribution in [0.1, 0.15) is 10.4 Å². The summed E-state index contributed by atoms with van der Waals surface area (Å²) in [4.78, 5) is 12.2. The molecule has 2 aromatic rings. The van der Waals surface area contributed by atoms with Gasteiger partial charge in [0.2, 0.25) is 10.0 Å². The van der Waals surface area contributed by atoms with Crippen LogP contribution < -0.4 is 10.1 Å². The van der Waals surface area contributed by atoms with Crippen molar-refractivity contribution in [1.29, 1.82) is 0 Å². The molecule has 1 heterocycles. The van der Waals surface area contributed by atoms with Crippen molar-refractivity contribution in [2.45, 2.75) is 4.90 Å². The van der Waals surface area contributed by atoms with Gasteiger partial charge < -0.3 is 19.5 Å². The molecule has 1 N–H and O–H groups in total. The second kappa shape index (κ2) is 9.98. The first-order chi connectivity index (χ1) is 14.4. The van der Waals surface area contributed by atoms with Crippen LogP contribution in [0.3, 0.4) is 0 Å². The lowest BCUT2D eigenvalue weighted by Crippen LogP contribution is -2.40. The average molecular weight is 438 g/mol. The third-order valence-electron chi connectivity index (χ3n) is 4.45. The van der Waals surface area contributed by atoms with Gasteiger partial charge in [-0.2, -0.15) is 4.31 Å². The van der Waals surface area contributed by atoms with Gasteiger partial charge >= 0.3 is 0 Å². The minimum absolute atomic E-state index is 0.143. The molecule has 1 aliphatic heterocycles. The lowest BCUT2D eigenvalue weighted by molar-refractivity contribution is 0.0729. The Morgan fingerprint density at radius 3 is 2.63 bits per heavy atom. The maximum atomic E-state index is 14.3. The van der Waals surface area contributed by atoms with Gasteiger partial charge in [0, 0.05) is 25.9 Å². The number of halogens is 1. The van der Waals surface area contributed by atoms with Crippen molar-refractivity contribution >= 4 is 21.6 Å². The zero-order valence-corrected chi connectivity index (χ0v) is 17.3. The molecule has 0 spiro atoms. The Labute approximate surface area is 174 Å². The van der Waals surface area contributed by atoms with Crippen molar-refractivity contribution in [1.82, 2.24) is 4.31 Å². The molecule has 0 saturated carbocycles. The number of nitrogens with one attached hydrogen (secondary N) is 1. The highest BCUT2D eigenvalue weighted by Gasteiger charge is 2.29. The summed E-state index contributed by atoms with van der Waals surface area (Å²) in [7, 11) is -2.51. The maximum absolute atomic E-state index is 14.3. The number of amides is 1. The summed E-state index contributed by atoms with van der Waals surface area (Å²) >= 11 is 0. The van der Waals surface area contributed by atoms with Gasteiger partial charge in [-0.3, -0.25) is 4.79 Å². The van der Waals surface area contributed by atoms with Crippen molar-refractivity contribution in [2.75, 3.05) is 51.9 Å². The summed E-state index contributed by atoms with van der Waals surface area (Å²) in [6.45, 7) is 1.40. The Bertz CT molecular complexity index is 993. The number of carbonyl (C=O) groups excluding carboxylic acids is 1. The molecule has 0 atom stereocenters. The molecule has 0 bridgehead atoms. The summed E-state index contributed by atoms with van der Waals surface area (Å²) < 4.78 is 56.8. The normalized spacial score (nSPS) is 15.0. The van der Waals surface area contributed by atoms with Gasteiger partial charge in [-0.05, 0) is 30.3 Å². The van der Waals surface area contributed by atoms with Crippen molar-refractivity contribution < 1.29 is 31.8 Å². The minimum atomic E-state index is -4.05. The van der Waals surface area contributed by atoms with E-state index < -0.39 is 26.6 Å². The van der Waals surface area contributed by atoms with Crippen LogP contribution in [0.15, 0.2) is 47.4 Å². The number of rotatable bonds is 8. The lowest BCUT2D eigenvalue weighted by Gasteiger charge is -2.26. The van der Waals surface area contributed by atoms with Gasteiger partial charge in [0.05, 0.1) is 25.4 Å². The number of benzene rings is 2. The number of methoxy groups -OCH3 is 1. The number of nitrogens with zero attached hydrogens (tertiary/aromatic N) is 1. The Hall–Kier alpha value is -2.53. The quantitative estimate of drug-likeness (QED) is 0.635. The molecule has 0 aliphatic carbocycles. The highest BCUT2D eigenvalue weighted by Crippen LogP contribution is 2.25. The van der Waals surface area contributed by atoms with E-state index in [1.165, 1.54) is 10.4 Å².